The predicted octanol–water partition coefficient (Wildman–Crippen LogP) is 1.45. The zero-order valence-corrected chi connectivity index (χ0v) is 8.21. The minimum Gasteiger partial charge on any atom is -0.242 e. The molecule has 2 nitrogen and oxygen atoms in total. The Morgan fingerprint density at radius 2 is 1.70 bits per heavy atom. The van der Waals surface area contributed by atoms with Crippen LogP contribution >= 0.6 is 0 Å². The number of nitrogens with one attached hydrogen (secondary N) is 1. The van der Waals surface area contributed by atoms with Crippen LogP contribution in [0.1, 0.15) is 34.6 Å². The zero-order chi connectivity index (χ0) is 8.36. The fourth-order valence-corrected chi connectivity index (χ4v) is 1.17. The van der Waals surface area contributed by atoms with Crippen LogP contribution in [0.3, 0.4) is 0 Å². The average molecular weight is 163 g/mol. The molecule has 0 fully saturated rings. The maximum absolute atomic E-state index is 11.3. The molecule has 0 spiro atoms. The van der Waals surface area contributed by atoms with Crippen molar-refractivity contribution in [2.24, 2.45) is 0 Å². The van der Waals surface area contributed by atoms with E-state index in [0.29, 0.717) is 6.04 Å². The van der Waals surface area contributed by atoms with E-state index in [1.54, 1.807) is 0 Å². The standard InChI is InChI=1S/C7H17NOS/c1-6(2)8-10(9)7(3,4)5/h6,8H,1-5H3. The summed E-state index contributed by atoms with van der Waals surface area (Å²) < 4.78 is 14.1. The highest BCUT2D eigenvalue weighted by Crippen LogP contribution is 2.08. The molecule has 0 heterocycles. The molecular formula is C7H17NOS. The van der Waals surface area contributed by atoms with E-state index in [1.165, 1.54) is 0 Å². The lowest BCUT2D eigenvalue weighted by atomic mass is 10.3. The van der Waals surface area contributed by atoms with Gasteiger partial charge in [0.05, 0.1) is 15.7 Å². The number of rotatable bonds is 2. The Morgan fingerprint density at radius 1 is 1.30 bits per heavy atom. The highest BCUT2D eigenvalue weighted by atomic mass is 32.2. The molecule has 0 aliphatic rings. The van der Waals surface area contributed by atoms with Crippen LogP contribution in [-0.2, 0) is 11.0 Å². The molecule has 1 N–H and O–H groups in total. The molecule has 0 rings (SSSR count). The molecule has 0 bridgehead atoms. The summed E-state index contributed by atoms with van der Waals surface area (Å²) in [6.45, 7) is 9.85. The Labute approximate surface area is 66.0 Å². The first-order chi connectivity index (χ1) is 4.34. The Kier molecular flexibility index (Phi) is 3.52. The molecule has 0 aliphatic carbocycles. The van der Waals surface area contributed by atoms with Crippen LogP contribution in [0.2, 0.25) is 0 Å². The van der Waals surface area contributed by atoms with Crippen LogP contribution in [-0.4, -0.2) is 15.0 Å². The van der Waals surface area contributed by atoms with Crippen molar-refractivity contribution in [3.8, 4) is 0 Å². The summed E-state index contributed by atoms with van der Waals surface area (Å²) in [5.41, 5.74) is 0. The van der Waals surface area contributed by atoms with E-state index >= 15 is 0 Å². The van der Waals surface area contributed by atoms with Gasteiger partial charge in [-0.25, -0.2) is 8.93 Å². The van der Waals surface area contributed by atoms with E-state index in [9.17, 15) is 4.21 Å². The maximum Gasteiger partial charge on any atom is 0.0972 e. The third kappa shape index (κ3) is 4.01. The highest BCUT2D eigenvalue weighted by Gasteiger charge is 2.19. The Bertz CT molecular complexity index is 126. The van der Waals surface area contributed by atoms with Gasteiger partial charge in [0.1, 0.15) is 0 Å². The normalized spacial score (nSPS) is 15.8. The first-order valence-electron chi connectivity index (χ1n) is 3.52. The van der Waals surface area contributed by atoms with Crippen LogP contribution in [0.4, 0.5) is 0 Å². The van der Waals surface area contributed by atoms with Crippen molar-refractivity contribution in [2.75, 3.05) is 0 Å². The quantitative estimate of drug-likeness (QED) is 0.656. The molecule has 0 aromatic rings. The lowest BCUT2D eigenvalue weighted by Crippen LogP contribution is -2.37. The Balaban J connectivity index is 3.87. The van der Waals surface area contributed by atoms with E-state index in [1.807, 2.05) is 34.6 Å². The first-order valence-corrected chi connectivity index (χ1v) is 4.67. The Morgan fingerprint density at radius 3 is 1.80 bits per heavy atom. The van der Waals surface area contributed by atoms with Gasteiger partial charge in [-0.1, -0.05) is 0 Å². The average Bonchev–Trinajstić information content (AvgIpc) is 1.60. The van der Waals surface area contributed by atoms with Gasteiger partial charge < -0.3 is 0 Å². The lowest BCUT2D eigenvalue weighted by Gasteiger charge is -2.19. The van der Waals surface area contributed by atoms with Gasteiger partial charge in [0.2, 0.25) is 0 Å². The fraction of sp³-hybridized carbons (Fsp3) is 1.00. The van der Waals surface area contributed by atoms with E-state index in [-0.39, 0.29) is 4.75 Å². The van der Waals surface area contributed by atoms with Gasteiger partial charge in [-0.15, -0.1) is 0 Å². The van der Waals surface area contributed by atoms with E-state index in [2.05, 4.69) is 4.72 Å². The van der Waals surface area contributed by atoms with Gasteiger partial charge >= 0.3 is 0 Å². The monoisotopic (exact) mass is 163 g/mol. The van der Waals surface area contributed by atoms with Crippen molar-refractivity contribution in [1.82, 2.24) is 4.72 Å². The van der Waals surface area contributed by atoms with Gasteiger partial charge in [0.25, 0.3) is 0 Å². The van der Waals surface area contributed by atoms with Crippen molar-refractivity contribution in [3.05, 3.63) is 0 Å². The van der Waals surface area contributed by atoms with E-state index in [4.69, 9.17) is 0 Å². The predicted molar refractivity (Wildman–Crippen MR) is 46.2 cm³/mol. The molecule has 3 heteroatoms. The minimum atomic E-state index is -0.917. The molecule has 0 saturated carbocycles. The van der Waals surface area contributed by atoms with Crippen LogP contribution < -0.4 is 4.72 Å². The van der Waals surface area contributed by atoms with Crippen LogP contribution in [0, 0.1) is 0 Å². The number of hydrogen-bond donors (Lipinski definition) is 1. The molecule has 0 aliphatic heterocycles. The molecule has 1 atom stereocenters. The van der Waals surface area contributed by atoms with Crippen LogP contribution in [0.5, 0.6) is 0 Å². The number of hydrogen-bond acceptors (Lipinski definition) is 1. The third-order valence-corrected chi connectivity index (χ3v) is 2.70. The second-order valence-electron chi connectivity index (χ2n) is 3.65. The molecule has 1 unspecified atom stereocenters. The third-order valence-electron chi connectivity index (χ3n) is 0.899. The molecule has 62 valence electrons. The first kappa shape index (κ1) is 10.1. The molecular weight excluding hydrogens is 146 g/mol. The molecule has 0 amide bonds. The van der Waals surface area contributed by atoms with Crippen molar-refractivity contribution < 1.29 is 4.21 Å². The van der Waals surface area contributed by atoms with Crippen molar-refractivity contribution in [3.63, 3.8) is 0 Å². The summed E-state index contributed by atoms with van der Waals surface area (Å²) in [7, 11) is -0.917. The van der Waals surface area contributed by atoms with Crippen LogP contribution in [0.15, 0.2) is 0 Å². The molecule has 10 heavy (non-hydrogen) atoms. The molecule has 0 aromatic carbocycles. The summed E-state index contributed by atoms with van der Waals surface area (Å²) >= 11 is 0. The topological polar surface area (TPSA) is 29.1 Å². The van der Waals surface area contributed by atoms with E-state index < -0.39 is 11.0 Å². The van der Waals surface area contributed by atoms with Gasteiger partial charge in [0.15, 0.2) is 0 Å². The summed E-state index contributed by atoms with van der Waals surface area (Å²) in [5, 5.41) is 0. The molecule has 0 aromatic heterocycles. The van der Waals surface area contributed by atoms with Gasteiger partial charge in [-0.3, -0.25) is 0 Å². The fourth-order valence-electron chi connectivity index (χ4n) is 0.391. The maximum atomic E-state index is 11.3. The van der Waals surface area contributed by atoms with E-state index in [0.717, 1.165) is 0 Å². The van der Waals surface area contributed by atoms with Gasteiger partial charge in [0, 0.05) is 6.04 Å². The SMILES string of the molecule is CC(C)NS(=O)C(C)(C)C. The molecule has 0 radical (unpaired) electrons. The van der Waals surface area contributed by atoms with Gasteiger partial charge in [-0.2, -0.15) is 0 Å². The van der Waals surface area contributed by atoms with Crippen molar-refractivity contribution in [2.45, 2.75) is 45.4 Å². The summed E-state index contributed by atoms with van der Waals surface area (Å²) in [6.07, 6.45) is 0. The molecule has 0 saturated heterocycles. The van der Waals surface area contributed by atoms with Gasteiger partial charge in [-0.05, 0) is 34.6 Å². The van der Waals surface area contributed by atoms with Crippen molar-refractivity contribution >= 4 is 11.0 Å². The highest BCUT2D eigenvalue weighted by molar-refractivity contribution is 7.84. The zero-order valence-electron chi connectivity index (χ0n) is 7.39. The largest absolute Gasteiger partial charge is 0.242 e. The summed E-state index contributed by atoms with van der Waals surface area (Å²) in [5.74, 6) is 0. The second kappa shape index (κ2) is 3.49. The Hall–Kier alpha value is 0.110. The second-order valence-corrected chi connectivity index (χ2v) is 5.65. The lowest BCUT2D eigenvalue weighted by molar-refractivity contribution is 0.620. The smallest absolute Gasteiger partial charge is 0.0972 e. The summed E-state index contributed by atoms with van der Waals surface area (Å²) in [6, 6.07) is 0.292. The van der Waals surface area contributed by atoms with Crippen molar-refractivity contribution in [1.29, 1.82) is 0 Å². The minimum absolute atomic E-state index is 0.149. The summed E-state index contributed by atoms with van der Waals surface area (Å²) in [4.78, 5) is 0. The van der Waals surface area contributed by atoms with Crippen LogP contribution in [0.25, 0.3) is 0 Å².